The molecule has 0 spiro atoms. The van der Waals surface area contributed by atoms with Crippen molar-refractivity contribution in [2.24, 2.45) is 5.92 Å². The SMILES string of the molecule is CC(C)CCN(C)CCCn1cncn1. The van der Waals surface area contributed by atoms with Gasteiger partial charge in [0.15, 0.2) is 0 Å². The second kappa shape index (κ2) is 6.56. The maximum atomic E-state index is 4.07. The number of aryl methyl sites for hydroxylation is 1. The molecule has 0 bridgehead atoms. The Labute approximate surface area is 92.3 Å². The van der Waals surface area contributed by atoms with E-state index in [0.29, 0.717) is 0 Å². The molecule has 86 valence electrons. The van der Waals surface area contributed by atoms with Crippen LogP contribution in [0.4, 0.5) is 0 Å². The van der Waals surface area contributed by atoms with Crippen LogP contribution in [0.15, 0.2) is 12.7 Å². The average molecular weight is 210 g/mol. The molecule has 0 unspecified atom stereocenters. The molecule has 0 aliphatic carbocycles. The van der Waals surface area contributed by atoms with Gasteiger partial charge in [0.25, 0.3) is 0 Å². The first-order valence-electron chi connectivity index (χ1n) is 5.69. The van der Waals surface area contributed by atoms with Gasteiger partial charge in [0.05, 0.1) is 0 Å². The van der Waals surface area contributed by atoms with Gasteiger partial charge in [-0.25, -0.2) is 4.98 Å². The highest BCUT2D eigenvalue weighted by Gasteiger charge is 2.00. The van der Waals surface area contributed by atoms with Crippen molar-refractivity contribution in [2.45, 2.75) is 33.2 Å². The Morgan fingerprint density at radius 3 is 2.73 bits per heavy atom. The van der Waals surface area contributed by atoms with Gasteiger partial charge in [0.2, 0.25) is 0 Å². The predicted octanol–water partition coefficient (Wildman–Crippen LogP) is 1.65. The van der Waals surface area contributed by atoms with Crippen molar-refractivity contribution in [3.05, 3.63) is 12.7 Å². The molecule has 15 heavy (non-hydrogen) atoms. The van der Waals surface area contributed by atoms with Gasteiger partial charge in [-0.3, -0.25) is 4.68 Å². The van der Waals surface area contributed by atoms with Crippen molar-refractivity contribution >= 4 is 0 Å². The summed E-state index contributed by atoms with van der Waals surface area (Å²) in [7, 11) is 2.18. The molecule has 1 heterocycles. The highest BCUT2D eigenvalue weighted by Crippen LogP contribution is 2.01. The number of nitrogens with zero attached hydrogens (tertiary/aromatic N) is 4. The van der Waals surface area contributed by atoms with E-state index < -0.39 is 0 Å². The fraction of sp³-hybridized carbons (Fsp3) is 0.818. The zero-order valence-electron chi connectivity index (χ0n) is 10.1. The molecule has 1 aromatic heterocycles. The summed E-state index contributed by atoms with van der Waals surface area (Å²) in [5, 5.41) is 4.07. The van der Waals surface area contributed by atoms with Crippen LogP contribution in [0.1, 0.15) is 26.7 Å². The van der Waals surface area contributed by atoms with Crippen LogP contribution in [0.25, 0.3) is 0 Å². The van der Waals surface area contributed by atoms with Gasteiger partial charge in [0.1, 0.15) is 12.7 Å². The lowest BCUT2D eigenvalue weighted by Gasteiger charge is -2.17. The van der Waals surface area contributed by atoms with E-state index in [2.05, 4.69) is 35.9 Å². The average Bonchev–Trinajstić information content (AvgIpc) is 2.67. The number of rotatable bonds is 7. The van der Waals surface area contributed by atoms with Crippen LogP contribution in [0.2, 0.25) is 0 Å². The Morgan fingerprint density at radius 1 is 1.33 bits per heavy atom. The first kappa shape index (κ1) is 12.2. The Balaban J connectivity index is 2.04. The molecular weight excluding hydrogens is 188 g/mol. The van der Waals surface area contributed by atoms with E-state index in [-0.39, 0.29) is 0 Å². The summed E-state index contributed by atoms with van der Waals surface area (Å²) in [4.78, 5) is 6.30. The lowest BCUT2D eigenvalue weighted by molar-refractivity contribution is 0.298. The highest BCUT2D eigenvalue weighted by atomic mass is 15.3. The van der Waals surface area contributed by atoms with Crippen molar-refractivity contribution in [2.75, 3.05) is 20.1 Å². The number of hydrogen-bond donors (Lipinski definition) is 0. The van der Waals surface area contributed by atoms with Crippen molar-refractivity contribution in [1.82, 2.24) is 19.7 Å². The third kappa shape index (κ3) is 5.52. The van der Waals surface area contributed by atoms with Crippen LogP contribution in [-0.4, -0.2) is 39.8 Å². The fourth-order valence-electron chi connectivity index (χ4n) is 1.44. The summed E-state index contributed by atoms with van der Waals surface area (Å²) >= 11 is 0. The molecule has 0 aliphatic heterocycles. The molecule has 1 rings (SSSR count). The zero-order valence-corrected chi connectivity index (χ0v) is 10.1. The summed E-state index contributed by atoms with van der Waals surface area (Å²) < 4.78 is 1.89. The normalized spacial score (nSPS) is 11.5. The van der Waals surface area contributed by atoms with E-state index in [1.54, 1.807) is 12.7 Å². The number of hydrogen-bond acceptors (Lipinski definition) is 3. The quantitative estimate of drug-likeness (QED) is 0.686. The van der Waals surface area contributed by atoms with Crippen molar-refractivity contribution in [1.29, 1.82) is 0 Å². The first-order chi connectivity index (χ1) is 7.18. The lowest BCUT2D eigenvalue weighted by Crippen LogP contribution is -2.23. The Bertz CT molecular complexity index is 243. The minimum atomic E-state index is 0.794. The van der Waals surface area contributed by atoms with E-state index in [0.717, 1.165) is 25.4 Å². The summed E-state index contributed by atoms with van der Waals surface area (Å²) in [6.07, 6.45) is 5.77. The highest BCUT2D eigenvalue weighted by molar-refractivity contribution is 4.58. The fourth-order valence-corrected chi connectivity index (χ4v) is 1.44. The lowest BCUT2D eigenvalue weighted by atomic mass is 10.1. The molecule has 0 aliphatic rings. The molecule has 1 aromatic rings. The maximum absolute atomic E-state index is 4.07. The van der Waals surface area contributed by atoms with E-state index in [9.17, 15) is 0 Å². The predicted molar refractivity (Wildman–Crippen MR) is 61.6 cm³/mol. The van der Waals surface area contributed by atoms with Gasteiger partial charge in [-0.1, -0.05) is 13.8 Å². The van der Waals surface area contributed by atoms with Crippen LogP contribution in [0.5, 0.6) is 0 Å². The molecule has 4 nitrogen and oxygen atoms in total. The molecule has 0 saturated heterocycles. The van der Waals surface area contributed by atoms with Gasteiger partial charge < -0.3 is 4.90 Å². The van der Waals surface area contributed by atoms with Crippen LogP contribution < -0.4 is 0 Å². The van der Waals surface area contributed by atoms with Crippen molar-refractivity contribution in [3.8, 4) is 0 Å². The van der Waals surface area contributed by atoms with Crippen molar-refractivity contribution in [3.63, 3.8) is 0 Å². The van der Waals surface area contributed by atoms with E-state index in [1.807, 2.05) is 4.68 Å². The minimum Gasteiger partial charge on any atom is -0.306 e. The zero-order chi connectivity index (χ0) is 11.1. The van der Waals surface area contributed by atoms with Gasteiger partial charge in [0, 0.05) is 6.54 Å². The molecular formula is C11H22N4. The molecule has 0 N–H and O–H groups in total. The van der Waals surface area contributed by atoms with Crippen LogP contribution >= 0.6 is 0 Å². The van der Waals surface area contributed by atoms with E-state index in [1.165, 1.54) is 13.0 Å². The van der Waals surface area contributed by atoms with Gasteiger partial charge >= 0.3 is 0 Å². The molecule has 0 amide bonds. The largest absolute Gasteiger partial charge is 0.306 e. The molecule has 0 saturated carbocycles. The second-order valence-electron chi connectivity index (χ2n) is 4.50. The van der Waals surface area contributed by atoms with Gasteiger partial charge in [-0.2, -0.15) is 5.10 Å². The summed E-state index contributed by atoms with van der Waals surface area (Å²) in [6, 6.07) is 0. The topological polar surface area (TPSA) is 34.0 Å². The van der Waals surface area contributed by atoms with Gasteiger partial charge in [-0.15, -0.1) is 0 Å². The third-order valence-electron chi connectivity index (χ3n) is 2.48. The summed E-state index contributed by atoms with van der Waals surface area (Å²) in [5.74, 6) is 0.794. The Hall–Kier alpha value is -0.900. The maximum Gasteiger partial charge on any atom is 0.137 e. The van der Waals surface area contributed by atoms with Crippen molar-refractivity contribution < 1.29 is 0 Å². The Morgan fingerprint density at radius 2 is 2.13 bits per heavy atom. The van der Waals surface area contributed by atoms with Crippen LogP contribution in [0.3, 0.4) is 0 Å². The Kier molecular flexibility index (Phi) is 5.32. The standard InChI is InChI=1S/C11H22N4/c1-11(2)5-8-14(3)6-4-7-15-10-12-9-13-15/h9-11H,4-8H2,1-3H3. The third-order valence-corrected chi connectivity index (χ3v) is 2.48. The molecule has 0 aromatic carbocycles. The molecule has 0 atom stereocenters. The second-order valence-corrected chi connectivity index (χ2v) is 4.50. The number of aromatic nitrogens is 3. The summed E-state index contributed by atoms with van der Waals surface area (Å²) in [6.45, 7) is 7.82. The molecule has 0 fully saturated rings. The molecule has 4 heteroatoms. The first-order valence-corrected chi connectivity index (χ1v) is 5.69. The smallest absolute Gasteiger partial charge is 0.137 e. The monoisotopic (exact) mass is 210 g/mol. The minimum absolute atomic E-state index is 0.794. The van der Waals surface area contributed by atoms with Gasteiger partial charge in [-0.05, 0) is 38.9 Å². The van der Waals surface area contributed by atoms with E-state index >= 15 is 0 Å². The summed E-state index contributed by atoms with van der Waals surface area (Å²) in [5.41, 5.74) is 0. The van der Waals surface area contributed by atoms with E-state index in [4.69, 9.17) is 0 Å². The van der Waals surface area contributed by atoms with Crippen LogP contribution in [-0.2, 0) is 6.54 Å². The van der Waals surface area contributed by atoms with Crippen LogP contribution in [0, 0.1) is 5.92 Å². The molecule has 0 radical (unpaired) electrons.